The maximum atomic E-state index is 13.3. The van der Waals surface area contributed by atoms with E-state index in [2.05, 4.69) is 22.1 Å². The number of benzene rings is 1. The van der Waals surface area contributed by atoms with E-state index in [1.54, 1.807) is 37.1 Å². The van der Waals surface area contributed by atoms with Crippen molar-refractivity contribution < 1.29 is 23.9 Å². The number of nitrogens with one attached hydrogen (secondary N) is 2. The van der Waals surface area contributed by atoms with Crippen LogP contribution in [0.4, 0.5) is 9.59 Å². The number of carbonyl (C=O) groups excluding carboxylic acids is 3. The van der Waals surface area contributed by atoms with Gasteiger partial charge in [0.05, 0.1) is 25.3 Å². The van der Waals surface area contributed by atoms with Gasteiger partial charge >= 0.3 is 18.0 Å². The monoisotopic (exact) mass is 513 g/mol. The number of carbonyl (C=O) groups is 3. The highest BCUT2D eigenvalue weighted by atomic mass is 16.5. The summed E-state index contributed by atoms with van der Waals surface area (Å²) >= 11 is 0. The highest BCUT2D eigenvalue weighted by molar-refractivity contribution is 5.95. The van der Waals surface area contributed by atoms with Gasteiger partial charge in [-0.3, -0.25) is 9.80 Å². The van der Waals surface area contributed by atoms with E-state index >= 15 is 0 Å². The first-order chi connectivity index (χ1) is 17.6. The normalized spacial score (nSPS) is 18.8. The van der Waals surface area contributed by atoms with E-state index in [-0.39, 0.29) is 30.8 Å². The topological polar surface area (TPSA) is 103 Å². The molecule has 2 heterocycles. The molecule has 2 N–H and O–H groups in total. The van der Waals surface area contributed by atoms with Gasteiger partial charge < -0.3 is 25.0 Å². The van der Waals surface area contributed by atoms with E-state index in [9.17, 15) is 14.4 Å². The molecular formula is C27H39N5O5. The first-order valence-corrected chi connectivity index (χ1v) is 12.6. The molecule has 1 aromatic rings. The Bertz CT molecular complexity index is 1020. The predicted molar refractivity (Wildman–Crippen MR) is 141 cm³/mol. The van der Waals surface area contributed by atoms with E-state index in [1.165, 1.54) is 4.90 Å². The Morgan fingerprint density at radius 2 is 1.81 bits per heavy atom. The molecular weight excluding hydrogens is 474 g/mol. The summed E-state index contributed by atoms with van der Waals surface area (Å²) in [6.45, 7) is 14.5. The van der Waals surface area contributed by atoms with Gasteiger partial charge in [0.1, 0.15) is 5.75 Å². The van der Waals surface area contributed by atoms with Crippen LogP contribution in [-0.4, -0.2) is 91.3 Å². The molecule has 1 saturated heterocycles. The van der Waals surface area contributed by atoms with E-state index in [1.807, 2.05) is 32.9 Å². The summed E-state index contributed by atoms with van der Waals surface area (Å²) in [5.74, 6) is 0.199. The Morgan fingerprint density at radius 3 is 2.35 bits per heavy atom. The summed E-state index contributed by atoms with van der Waals surface area (Å²) in [6, 6.07) is 6.17. The third kappa shape index (κ3) is 7.03. The average Bonchev–Trinajstić information content (AvgIpc) is 2.85. The fourth-order valence-corrected chi connectivity index (χ4v) is 4.41. The number of amides is 4. The summed E-state index contributed by atoms with van der Waals surface area (Å²) in [5.41, 5.74) is 1.40. The van der Waals surface area contributed by atoms with E-state index < -0.39 is 12.0 Å². The maximum Gasteiger partial charge on any atom is 0.338 e. The molecule has 4 amide bonds. The maximum absolute atomic E-state index is 13.3. The molecule has 3 rings (SSSR count). The largest absolute Gasteiger partial charge is 0.497 e. The Kier molecular flexibility index (Phi) is 9.20. The molecule has 0 unspecified atom stereocenters. The lowest BCUT2D eigenvalue weighted by Gasteiger charge is -2.40. The molecule has 0 bridgehead atoms. The van der Waals surface area contributed by atoms with Gasteiger partial charge in [-0.2, -0.15) is 0 Å². The molecule has 0 aliphatic carbocycles. The fraction of sp³-hybridized carbons (Fsp3) is 0.519. The Morgan fingerprint density at radius 1 is 1.16 bits per heavy atom. The van der Waals surface area contributed by atoms with Crippen LogP contribution >= 0.6 is 0 Å². The van der Waals surface area contributed by atoms with Crippen molar-refractivity contribution in [1.29, 1.82) is 0 Å². The van der Waals surface area contributed by atoms with Gasteiger partial charge in [-0.05, 0) is 45.4 Å². The SMILES string of the molecule is C=CCN1C(=O)N[C@@H](c2ccc(OC)cc2)C(C(=O)OCC)=C1CN1CCN(C(=O)NC(C)(C)C)CC1. The van der Waals surface area contributed by atoms with Crippen LogP contribution in [0.15, 0.2) is 48.2 Å². The molecule has 0 radical (unpaired) electrons. The second-order valence-electron chi connectivity index (χ2n) is 10.1. The van der Waals surface area contributed by atoms with Crippen LogP contribution in [0, 0.1) is 0 Å². The standard InChI is InChI=1S/C27H39N5O5/c1-7-13-32-21(18-30-14-16-31(17-15-30)26(35)29-27(3,4)5)22(24(33)37-8-2)23(28-25(32)34)19-9-11-20(36-6)12-10-19/h7,9-12,23H,1,8,13-18H2,2-6H3,(H,28,34)(H,29,35)/t23-/m0/s1. The molecule has 1 aromatic carbocycles. The third-order valence-electron chi connectivity index (χ3n) is 6.21. The summed E-state index contributed by atoms with van der Waals surface area (Å²) in [6.07, 6.45) is 1.63. The zero-order valence-corrected chi connectivity index (χ0v) is 22.5. The number of hydrogen-bond donors (Lipinski definition) is 2. The number of rotatable bonds is 8. The minimum absolute atomic E-state index is 0.0940. The second kappa shape index (κ2) is 12.1. The van der Waals surface area contributed by atoms with Gasteiger partial charge in [0.25, 0.3) is 0 Å². The molecule has 202 valence electrons. The first-order valence-electron chi connectivity index (χ1n) is 12.6. The lowest BCUT2D eigenvalue weighted by Crippen LogP contribution is -2.56. The molecule has 2 aliphatic rings. The van der Waals surface area contributed by atoms with Crippen molar-refractivity contribution in [2.24, 2.45) is 0 Å². The van der Waals surface area contributed by atoms with Crippen LogP contribution in [0.25, 0.3) is 0 Å². The van der Waals surface area contributed by atoms with Gasteiger partial charge in [0.2, 0.25) is 0 Å². The van der Waals surface area contributed by atoms with Crippen molar-refractivity contribution in [2.75, 3.05) is 53.0 Å². The van der Waals surface area contributed by atoms with Crippen LogP contribution in [0.1, 0.15) is 39.3 Å². The summed E-state index contributed by atoms with van der Waals surface area (Å²) < 4.78 is 10.7. The van der Waals surface area contributed by atoms with Gasteiger partial charge in [0.15, 0.2) is 0 Å². The third-order valence-corrected chi connectivity index (χ3v) is 6.21. The smallest absolute Gasteiger partial charge is 0.338 e. The molecule has 0 aromatic heterocycles. The van der Waals surface area contributed by atoms with Crippen molar-refractivity contribution in [3.8, 4) is 5.75 Å². The Balaban J connectivity index is 1.92. The Hall–Kier alpha value is -3.53. The van der Waals surface area contributed by atoms with Crippen LogP contribution in [0.5, 0.6) is 5.75 Å². The molecule has 10 nitrogen and oxygen atoms in total. The van der Waals surface area contributed by atoms with Gasteiger partial charge in [-0.1, -0.05) is 18.2 Å². The number of piperazine rings is 1. The molecule has 1 atom stereocenters. The zero-order valence-electron chi connectivity index (χ0n) is 22.5. The van der Waals surface area contributed by atoms with Gasteiger partial charge in [-0.15, -0.1) is 6.58 Å². The minimum atomic E-state index is -0.674. The molecule has 0 spiro atoms. The average molecular weight is 514 g/mol. The van der Waals surface area contributed by atoms with Crippen LogP contribution in [0.2, 0.25) is 0 Å². The molecule has 1 fully saturated rings. The van der Waals surface area contributed by atoms with Crippen molar-refractivity contribution in [1.82, 2.24) is 25.3 Å². The molecule has 0 saturated carbocycles. The lowest BCUT2D eigenvalue weighted by molar-refractivity contribution is -0.139. The van der Waals surface area contributed by atoms with Crippen molar-refractivity contribution in [3.05, 3.63) is 53.8 Å². The highest BCUT2D eigenvalue weighted by Crippen LogP contribution is 2.33. The highest BCUT2D eigenvalue weighted by Gasteiger charge is 2.39. The number of urea groups is 2. The Labute approximate surface area is 219 Å². The number of ether oxygens (including phenoxy) is 2. The van der Waals surface area contributed by atoms with Crippen LogP contribution < -0.4 is 15.4 Å². The van der Waals surface area contributed by atoms with Crippen molar-refractivity contribution >= 4 is 18.0 Å². The second-order valence-corrected chi connectivity index (χ2v) is 10.1. The molecule has 2 aliphatic heterocycles. The zero-order chi connectivity index (χ0) is 27.2. The van der Waals surface area contributed by atoms with Gasteiger partial charge in [-0.25, -0.2) is 14.4 Å². The lowest BCUT2D eigenvalue weighted by atomic mass is 9.94. The summed E-state index contributed by atoms with van der Waals surface area (Å²) in [4.78, 5) is 44.6. The molecule has 37 heavy (non-hydrogen) atoms. The van der Waals surface area contributed by atoms with Gasteiger partial charge in [0, 0.05) is 50.5 Å². The quantitative estimate of drug-likeness (QED) is 0.409. The summed E-state index contributed by atoms with van der Waals surface area (Å²) in [5, 5.41) is 5.96. The van der Waals surface area contributed by atoms with Crippen molar-refractivity contribution in [3.63, 3.8) is 0 Å². The van der Waals surface area contributed by atoms with E-state index in [0.29, 0.717) is 49.7 Å². The van der Waals surface area contributed by atoms with E-state index in [0.717, 1.165) is 5.56 Å². The first kappa shape index (κ1) is 28.0. The van der Waals surface area contributed by atoms with Crippen LogP contribution in [0.3, 0.4) is 0 Å². The number of esters is 1. The van der Waals surface area contributed by atoms with Crippen molar-refractivity contribution in [2.45, 2.75) is 39.3 Å². The van der Waals surface area contributed by atoms with E-state index in [4.69, 9.17) is 9.47 Å². The predicted octanol–water partition coefficient (Wildman–Crippen LogP) is 2.89. The minimum Gasteiger partial charge on any atom is -0.497 e. The fourth-order valence-electron chi connectivity index (χ4n) is 4.41. The number of nitrogens with zero attached hydrogens (tertiary/aromatic N) is 3. The van der Waals surface area contributed by atoms with Crippen LogP contribution in [-0.2, 0) is 9.53 Å². The number of methoxy groups -OCH3 is 1. The summed E-state index contributed by atoms with van der Waals surface area (Å²) in [7, 11) is 1.58. The molecule has 10 heteroatoms. The number of hydrogen-bond acceptors (Lipinski definition) is 6.